The minimum absolute atomic E-state index is 0.204. The molecule has 0 spiro atoms. The number of carbonyl (C=O) groups is 2. The number of fused-ring (bicyclic) bond motifs is 1. The topological polar surface area (TPSA) is 84.2 Å². The molecule has 206 valence electrons. The van der Waals surface area contributed by atoms with Gasteiger partial charge in [-0.1, -0.05) is 97.1 Å². The number of hydrogen-bond donors (Lipinski definition) is 2. The van der Waals surface area contributed by atoms with Crippen LogP contribution in [0.5, 0.6) is 0 Å². The van der Waals surface area contributed by atoms with Gasteiger partial charge in [0.05, 0.1) is 35.4 Å². The Bertz CT molecular complexity index is 1860. The number of hydrogen-bond acceptors (Lipinski definition) is 3. The summed E-state index contributed by atoms with van der Waals surface area (Å²) in [6.07, 6.45) is 1.81. The van der Waals surface area contributed by atoms with E-state index in [1.54, 1.807) is 24.3 Å². The van der Waals surface area contributed by atoms with E-state index >= 15 is 0 Å². The second kappa shape index (κ2) is 11.6. The van der Waals surface area contributed by atoms with Gasteiger partial charge in [0.15, 0.2) is 0 Å². The first-order valence-electron chi connectivity index (χ1n) is 13.8. The molecule has 0 aliphatic carbocycles. The predicted molar refractivity (Wildman–Crippen MR) is 165 cm³/mol. The number of aromatic carboxylic acids is 1. The number of carbonyl (C=O) groups excluding carboxylic acids is 1. The van der Waals surface area contributed by atoms with E-state index in [2.05, 4.69) is 47.8 Å². The van der Waals surface area contributed by atoms with Crippen molar-refractivity contribution in [1.82, 2.24) is 15.1 Å². The SMILES string of the molecule is C[C@H](NC(=O)c1cc(-c2ccccc2)cc2cnn(Cc3ccc(-c4ccccc4)cc3)c12)c1ccc(C(=O)O)cc1. The van der Waals surface area contributed by atoms with Crippen LogP contribution in [0.2, 0.25) is 0 Å². The summed E-state index contributed by atoms with van der Waals surface area (Å²) >= 11 is 0. The Morgan fingerprint density at radius 2 is 1.36 bits per heavy atom. The summed E-state index contributed by atoms with van der Waals surface area (Å²) in [6, 6.07) is 38.8. The molecule has 0 radical (unpaired) electrons. The molecule has 0 unspecified atom stereocenters. The fourth-order valence-electron chi connectivity index (χ4n) is 5.20. The van der Waals surface area contributed by atoms with Crippen molar-refractivity contribution >= 4 is 22.8 Å². The number of nitrogens with zero attached hydrogens (tertiary/aromatic N) is 2. The van der Waals surface area contributed by atoms with Crippen molar-refractivity contribution in [3.05, 3.63) is 150 Å². The van der Waals surface area contributed by atoms with Gasteiger partial charge in [-0.15, -0.1) is 0 Å². The van der Waals surface area contributed by atoms with E-state index in [9.17, 15) is 14.7 Å². The average molecular weight is 552 g/mol. The molecular formula is C36H29N3O3. The van der Waals surface area contributed by atoms with Gasteiger partial charge in [0, 0.05) is 5.39 Å². The van der Waals surface area contributed by atoms with Crippen molar-refractivity contribution in [3.63, 3.8) is 0 Å². The lowest BCUT2D eigenvalue weighted by Crippen LogP contribution is -2.27. The van der Waals surface area contributed by atoms with E-state index in [-0.39, 0.29) is 17.5 Å². The highest BCUT2D eigenvalue weighted by Crippen LogP contribution is 2.29. The number of carboxylic acid groups (broad SMARTS) is 1. The maximum absolute atomic E-state index is 13.9. The summed E-state index contributed by atoms with van der Waals surface area (Å²) in [7, 11) is 0. The lowest BCUT2D eigenvalue weighted by molar-refractivity contribution is 0.0696. The number of nitrogens with one attached hydrogen (secondary N) is 1. The van der Waals surface area contributed by atoms with Crippen LogP contribution in [0.1, 0.15) is 44.8 Å². The van der Waals surface area contributed by atoms with Crippen LogP contribution in [-0.2, 0) is 6.54 Å². The summed E-state index contributed by atoms with van der Waals surface area (Å²) < 4.78 is 1.88. The van der Waals surface area contributed by atoms with Crippen LogP contribution in [0.3, 0.4) is 0 Å². The standard InChI is InChI=1S/C36H29N3O3/c1-24(26-16-18-30(19-17-26)36(41)42)38-35(40)33-21-31(28-10-6-3-7-11-28)20-32-22-37-39(34(32)33)23-25-12-14-29(15-13-25)27-8-4-2-5-9-27/h2-22,24H,23H2,1H3,(H,38,40)(H,41,42)/t24-/m0/s1. The summed E-state index contributed by atoms with van der Waals surface area (Å²) in [5.74, 6) is -1.21. The van der Waals surface area contributed by atoms with Crippen LogP contribution >= 0.6 is 0 Å². The monoisotopic (exact) mass is 551 g/mol. The molecule has 5 aromatic carbocycles. The molecule has 42 heavy (non-hydrogen) atoms. The van der Waals surface area contributed by atoms with Gasteiger partial charge < -0.3 is 10.4 Å². The number of rotatable bonds is 8. The predicted octanol–water partition coefficient (Wildman–Crippen LogP) is 7.61. The molecule has 1 atom stereocenters. The number of aromatic nitrogens is 2. The van der Waals surface area contributed by atoms with Gasteiger partial charge in [0.25, 0.3) is 5.91 Å². The molecule has 1 heterocycles. The molecule has 0 aliphatic rings. The normalized spacial score (nSPS) is 11.7. The number of carboxylic acids is 1. The Hall–Kier alpha value is -5.49. The van der Waals surface area contributed by atoms with Crippen LogP contribution in [0.25, 0.3) is 33.2 Å². The second-order valence-electron chi connectivity index (χ2n) is 10.3. The van der Waals surface area contributed by atoms with E-state index in [0.29, 0.717) is 12.1 Å². The molecule has 6 rings (SSSR count). The van der Waals surface area contributed by atoms with Crippen LogP contribution in [-0.4, -0.2) is 26.8 Å². The molecular weight excluding hydrogens is 522 g/mol. The maximum Gasteiger partial charge on any atom is 0.335 e. The molecule has 0 bridgehead atoms. The van der Waals surface area contributed by atoms with Crippen LogP contribution in [0, 0.1) is 0 Å². The molecule has 0 saturated carbocycles. The highest BCUT2D eigenvalue weighted by Gasteiger charge is 2.20. The van der Waals surface area contributed by atoms with E-state index in [1.807, 2.05) is 72.4 Å². The zero-order chi connectivity index (χ0) is 29.1. The Balaban J connectivity index is 1.34. The molecule has 1 amide bonds. The molecule has 2 N–H and O–H groups in total. The summed E-state index contributed by atoms with van der Waals surface area (Å²) in [4.78, 5) is 25.1. The highest BCUT2D eigenvalue weighted by atomic mass is 16.4. The fourth-order valence-corrected chi connectivity index (χ4v) is 5.20. The van der Waals surface area contributed by atoms with Gasteiger partial charge in [0.1, 0.15) is 0 Å². The minimum Gasteiger partial charge on any atom is -0.478 e. The van der Waals surface area contributed by atoms with Gasteiger partial charge in [-0.3, -0.25) is 9.48 Å². The van der Waals surface area contributed by atoms with Gasteiger partial charge in [0.2, 0.25) is 0 Å². The van der Waals surface area contributed by atoms with Crippen LogP contribution in [0.4, 0.5) is 0 Å². The third-order valence-electron chi connectivity index (χ3n) is 7.48. The second-order valence-corrected chi connectivity index (χ2v) is 10.3. The third kappa shape index (κ3) is 5.56. The van der Waals surface area contributed by atoms with E-state index in [1.165, 1.54) is 0 Å². The van der Waals surface area contributed by atoms with Crippen molar-refractivity contribution in [2.45, 2.75) is 19.5 Å². The van der Waals surface area contributed by atoms with Gasteiger partial charge in [-0.2, -0.15) is 5.10 Å². The van der Waals surface area contributed by atoms with E-state index < -0.39 is 5.97 Å². The zero-order valence-electron chi connectivity index (χ0n) is 23.1. The number of amides is 1. The third-order valence-corrected chi connectivity index (χ3v) is 7.48. The molecule has 6 nitrogen and oxygen atoms in total. The van der Waals surface area contributed by atoms with Crippen molar-refractivity contribution < 1.29 is 14.7 Å². The van der Waals surface area contributed by atoms with Crippen molar-refractivity contribution in [1.29, 1.82) is 0 Å². The van der Waals surface area contributed by atoms with Crippen LogP contribution in [0.15, 0.2) is 128 Å². The smallest absolute Gasteiger partial charge is 0.335 e. The first-order valence-corrected chi connectivity index (χ1v) is 13.8. The van der Waals surface area contributed by atoms with Gasteiger partial charge >= 0.3 is 5.97 Å². The molecule has 0 aliphatic heterocycles. The Kier molecular flexibility index (Phi) is 7.35. The largest absolute Gasteiger partial charge is 0.478 e. The summed E-state index contributed by atoms with van der Waals surface area (Å²) in [6.45, 7) is 2.40. The lowest BCUT2D eigenvalue weighted by atomic mass is 9.99. The highest BCUT2D eigenvalue weighted by molar-refractivity contribution is 6.07. The van der Waals surface area contributed by atoms with Crippen LogP contribution < -0.4 is 5.32 Å². The Labute approximate surface area is 243 Å². The average Bonchev–Trinajstić information content (AvgIpc) is 3.44. The fraction of sp³-hybridized carbons (Fsp3) is 0.0833. The first kappa shape index (κ1) is 26.7. The van der Waals surface area contributed by atoms with Crippen molar-refractivity contribution in [2.75, 3.05) is 0 Å². The van der Waals surface area contributed by atoms with Gasteiger partial charge in [-0.05, 0) is 64.6 Å². The zero-order valence-corrected chi connectivity index (χ0v) is 23.1. The Morgan fingerprint density at radius 3 is 1.98 bits per heavy atom. The van der Waals surface area contributed by atoms with Crippen molar-refractivity contribution in [2.24, 2.45) is 0 Å². The quantitative estimate of drug-likeness (QED) is 0.204. The Morgan fingerprint density at radius 1 is 0.762 bits per heavy atom. The molecule has 6 heteroatoms. The van der Waals surface area contributed by atoms with Crippen molar-refractivity contribution in [3.8, 4) is 22.3 Å². The molecule has 6 aromatic rings. The van der Waals surface area contributed by atoms with E-state index in [4.69, 9.17) is 5.10 Å². The molecule has 0 saturated heterocycles. The first-order chi connectivity index (χ1) is 20.5. The lowest BCUT2D eigenvalue weighted by Gasteiger charge is -2.17. The van der Waals surface area contributed by atoms with Gasteiger partial charge in [-0.25, -0.2) is 4.79 Å². The summed E-state index contributed by atoms with van der Waals surface area (Å²) in [5, 5.41) is 17.9. The minimum atomic E-state index is -0.985. The maximum atomic E-state index is 13.9. The van der Waals surface area contributed by atoms with E-state index in [0.717, 1.165) is 44.3 Å². The molecule has 0 fully saturated rings. The number of benzene rings is 5. The summed E-state index contributed by atoms with van der Waals surface area (Å²) in [5.41, 5.74) is 7.62. The molecule has 1 aromatic heterocycles.